The van der Waals surface area contributed by atoms with Crippen molar-refractivity contribution in [2.45, 2.75) is 6.92 Å². The Hall–Kier alpha value is -1.69. The molecule has 0 aliphatic heterocycles. The predicted molar refractivity (Wildman–Crippen MR) is 65.4 cm³/mol. The molecule has 0 unspecified atom stereocenters. The number of hydrogen-bond acceptors (Lipinski definition) is 4. The molecule has 88 valence electrons. The van der Waals surface area contributed by atoms with E-state index in [2.05, 4.69) is 25.9 Å². The molecule has 6 heteroatoms. The number of halogens is 2. The van der Waals surface area contributed by atoms with E-state index in [0.717, 1.165) is 5.56 Å². The van der Waals surface area contributed by atoms with Crippen LogP contribution in [0.25, 0.3) is 0 Å². The fourth-order valence-corrected chi connectivity index (χ4v) is 1.53. The van der Waals surface area contributed by atoms with E-state index >= 15 is 0 Å². The summed E-state index contributed by atoms with van der Waals surface area (Å²) in [6.45, 7) is 1.86. The quantitative estimate of drug-likeness (QED) is 0.866. The van der Waals surface area contributed by atoms with Crippen LogP contribution in [0.5, 0.6) is 11.8 Å². The molecule has 0 fully saturated rings. The van der Waals surface area contributed by atoms with Crippen LogP contribution in [0, 0.1) is 12.7 Å². The lowest BCUT2D eigenvalue weighted by Crippen LogP contribution is -1.97. The van der Waals surface area contributed by atoms with E-state index in [-0.39, 0.29) is 16.2 Å². The molecule has 1 aromatic heterocycles. The van der Waals surface area contributed by atoms with E-state index in [4.69, 9.17) is 10.5 Å². The Morgan fingerprint density at radius 2 is 1.94 bits per heavy atom. The molecule has 2 N–H and O–H groups in total. The van der Waals surface area contributed by atoms with Crippen LogP contribution in [-0.2, 0) is 0 Å². The molecule has 17 heavy (non-hydrogen) atoms. The van der Waals surface area contributed by atoms with E-state index in [1.807, 2.05) is 6.92 Å². The van der Waals surface area contributed by atoms with Crippen LogP contribution in [0.1, 0.15) is 5.56 Å². The lowest BCUT2D eigenvalue weighted by molar-refractivity contribution is 0.439. The van der Waals surface area contributed by atoms with Gasteiger partial charge in [0, 0.05) is 18.5 Å². The highest BCUT2D eigenvalue weighted by Gasteiger charge is 2.09. The first-order chi connectivity index (χ1) is 8.06. The maximum absolute atomic E-state index is 13.3. The van der Waals surface area contributed by atoms with Crippen molar-refractivity contribution < 1.29 is 9.13 Å². The van der Waals surface area contributed by atoms with E-state index in [1.165, 1.54) is 12.1 Å². The van der Waals surface area contributed by atoms with Crippen molar-refractivity contribution in [2.24, 2.45) is 0 Å². The second-order valence-electron chi connectivity index (χ2n) is 3.45. The van der Waals surface area contributed by atoms with Crippen LogP contribution in [0.15, 0.2) is 29.0 Å². The number of ether oxygens (including phenoxy) is 1. The molecule has 1 aromatic carbocycles. The van der Waals surface area contributed by atoms with Crippen LogP contribution in [0.3, 0.4) is 0 Å². The average Bonchev–Trinajstić information content (AvgIpc) is 2.29. The minimum Gasteiger partial charge on any atom is -0.422 e. The van der Waals surface area contributed by atoms with Gasteiger partial charge in [-0.05, 0) is 34.5 Å². The zero-order valence-electron chi connectivity index (χ0n) is 8.95. The van der Waals surface area contributed by atoms with E-state index in [1.54, 1.807) is 12.4 Å². The van der Waals surface area contributed by atoms with Gasteiger partial charge in [-0.1, -0.05) is 0 Å². The van der Waals surface area contributed by atoms with E-state index in [9.17, 15) is 4.39 Å². The predicted octanol–water partition coefficient (Wildman–Crippen LogP) is 3.06. The lowest BCUT2D eigenvalue weighted by atomic mass is 10.3. The number of nitrogens with two attached hydrogens (primary N) is 1. The van der Waals surface area contributed by atoms with Gasteiger partial charge in [-0.25, -0.2) is 14.4 Å². The Morgan fingerprint density at radius 1 is 1.29 bits per heavy atom. The lowest BCUT2D eigenvalue weighted by Gasteiger charge is -2.07. The van der Waals surface area contributed by atoms with Crippen molar-refractivity contribution >= 4 is 21.6 Å². The van der Waals surface area contributed by atoms with Crippen molar-refractivity contribution in [3.63, 3.8) is 0 Å². The molecule has 0 saturated heterocycles. The number of benzene rings is 1. The van der Waals surface area contributed by atoms with Crippen LogP contribution in [-0.4, -0.2) is 9.97 Å². The Balaban J connectivity index is 2.30. The fourth-order valence-electron chi connectivity index (χ4n) is 1.16. The largest absolute Gasteiger partial charge is 0.422 e. The molecule has 1 heterocycles. The molecule has 0 spiro atoms. The highest BCUT2D eigenvalue weighted by molar-refractivity contribution is 9.10. The zero-order valence-corrected chi connectivity index (χ0v) is 10.5. The molecule has 0 amide bonds. The van der Waals surface area contributed by atoms with Gasteiger partial charge in [-0.15, -0.1) is 0 Å². The second kappa shape index (κ2) is 4.67. The van der Waals surface area contributed by atoms with E-state index in [0.29, 0.717) is 5.69 Å². The standard InChI is InChI=1S/C11H9BrFN3O/c1-6-4-15-11(16-5-6)17-10-3-8(13)7(12)2-9(10)14/h2-5H,14H2,1H3. The average molecular weight is 298 g/mol. The minimum atomic E-state index is -0.457. The first-order valence-electron chi connectivity index (χ1n) is 4.77. The van der Waals surface area contributed by atoms with Gasteiger partial charge < -0.3 is 10.5 Å². The molecular formula is C11H9BrFN3O. The number of hydrogen-bond donors (Lipinski definition) is 1. The summed E-state index contributed by atoms with van der Waals surface area (Å²) in [5.41, 5.74) is 6.91. The number of anilines is 1. The summed E-state index contributed by atoms with van der Waals surface area (Å²) in [5, 5.41) is 0. The normalized spacial score (nSPS) is 10.3. The fraction of sp³-hybridized carbons (Fsp3) is 0.0909. The van der Waals surface area contributed by atoms with Crippen molar-refractivity contribution in [1.29, 1.82) is 0 Å². The number of nitrogen functional groups attached to an aromatic ring is 1. The van der Waals surface area contributed by atoms with Gasteiger partial charge in [0.2, 0.25) is 0 Å². The Morgan fingerprint density at radius 3 is 2.59 bits per heavy atom. The van der Waals surface area contributed by atoms with Crippen LogP contribution >= 0.6 is 15.9 Å². The molecule has 0 radical (unpaired) electrons. The van der Waals surface area contributed by atoms with Gasteiger partial charge in [0.25, 0.3) is 0 Å². The molecule has 0 bridgehead atoms. The summed E-state index contributed by atoms with van der Waals surface area (Å²) in [7, 11) is 0. The highest BCUT2D eigenvalue weighted by atomic mass is 79.9. The van der Waals surface area contributed by atoms with Gasteiger partial charge in [0.05, 0.1) is 10.2 Å². The number of aromatic nitrogens is 2. The molecule has 4 nitrogen and oxygen atoms in total. The smallest absolute Gasteiger partial charge is 0.321 e. The highest BCUT2D eigenvalue weighted by Crippen LogP contribution is 2.30. The van der Waals surface area contributed by atoms with Gasteiger partial charge in [0.1, 0.15) is 5.82 Å². The maximum Gasteiger partial charge on any atom is 0.321 e. The molecule has 2 rings (SSSR count). The molecule has 0 aliphatic carbocycles. The monoisotopic (exact) mass is 297 g/mol. The summed E-state index contributed by atoms with van der Waals surface area (Å²) in [5.74, 6) is -0.268. The third-order valence-corrected chi connectivity index (χ3v) is 2.62. The molecule has 0 atom stereocenters. The first-order valence-corrected chi connectivity index (χ1v) is 5.56. The van der Waals surface area contributed by atoms with Crippen molar-refractivity contribution in [1.82, 2.24) is 9.97 Å². The van der Waals surface area contributed by atoms with Gasteiger partial charge >= 0.3 is 6.01 Å². The molecule has 0 saturated carbocycles. The SMILES string of the molecule is Cc1cnc(Oc2cc(F)c(Br)cc2N)nc1. The number of nitrogens with zero attached hydrogens (tertiary/aromatic N) is 2. The van der Waals surface area contributed by atoms with Crippen LogP contribution < -0.4 is 10.5 Å². The Labute approximate surface area is 106 Å². The molecule has 2 aromatic rings. The van der Waals surface area contributed by atoms with Gasteiger partial charge in [0.15, 0.2) is 5.75 Å². The van der Waals surface area contributed by atoms with Crippen molar-refractivity contribution in [2.75, 3.05) is 5.73 Å². The second-order valence-corrected chi connectivity index (χ2v) is 4.30. The number of aryl methyl sites for hydroxylation is 1. The molecular weight excluding hydrogens is 289 g/mol. The third-order valence-electron chi connectivity index (χ3n) is 2.01. The van der Waals surface area contributed by atoms with Crippen LogP contribution in [0.2, 0.25) is 0 Å². The minimum absolute atomic E-state index is 0.129. The van der Waals surface area contributed by atoms with Gasteiger partial charge in [-0.2, -0.15) is 0 Å². The van der Waals surface area contributed by atoms with Crippen molar-refractivity contribution in [3.8, 4) is 11.8 Å². The number of rotatable bonds is 2. The summed E-state index contributed by atoms with van der Waals surface area (Å²) in [6.07, 6.45) is 3.21. The van der Waals surface area contributed by atoms with Gasteiger partial charge in [-0.3, -0.25) is 0 Å². The summed E-state index contributed by atoms with van der Waals surface area (Å²) >= 11 is 3.03. The summed E-state index contributed by atoms with van der Waals surface area (Å²) in [4.78, 5) is 7.89. The maximum atomic E-state index is 13.3. The van der Waals surface area contributed by atoms with Crippen LogP contribution in [0.4, 0.5) is 10.1 Å². The summed E-state index contributed by atoms with van der Waals surface area (Å²) < 4.78 is 18.9. The zero-order chi connectivity index (χ0) is 12.4. The van der Waals surface area contributed by atoms with Crippen molar-refractivity contribution in [3.05, 3.63) is 40.4 Å². The molecule has 0 aliphatic rings. The topological polar surface area (TPSA) is 61.0 Å². The Kier molecular flexibility index (Phi) is 3.23. The Bertz CT molecular complexity index is 545. The first kappa shape index (κ1) is 11.8. The third kappa shape index (κ3) is 2.71. The van der Waals surface area contributed by atoms with E-state index < -0.39 is 5.82 Å². The summed E-state index contributed by atoms with van der Waals surface area (Å²) in [6, 6.07) is 2.74.